The van der Waals surface area contributed by atoms with Crippen molar-refractivity contribution in [2.24, 2.45) is 0 Å². The summed E-state index contributed by atoms with van der Waals surface area (Å²) in [4.78, 5) is 21.8. The second-order valence-corrected chi connectivity index (χ2v) is 5.18. The molecule has 18 heavy (non-hydrogen) atoms. The molecule has 0 heterocycles. The van der Waals surface area contributed by atoms with Gasteiger partial charge in [-0.25, -0.2) is 0 Å². The number of carboxylic acid groups (broad SMARTS) is 1. The molecule has 1 aromatic rings. The minimum absolute atomic E-state index is 0.304. The number of rotatable bonds is 6. The molecule has 1 amide bonds. The molecule has 1 atom stereocenters. The Kier molecular flexibility index (Phi) is 5.51. The molecular weight excluding hydrogens is 254 g/mol. The number of nitrogens with one attached hydrogen (secondary N) is 1. The summed E-state index contributed by atoms with van der Waals surface area (Å²) in [5, 5.41) is 11.0. The molecule has 1 unspecified atom stereocenters. The van der Waals surface area contributed by atoms with Gasteiger partial charge in [0.15, 0.2) is 0 Å². The van der Waals surface area contributed by atoms with Crippen LogP contribution in [0.15, 0.2) is 24.3 Å². The maximum atomic E-state index is 11.5. The largest absolute Gasteiger partial charge is 0.481 e. The minimum Gasteiger partial charge on any atom is -0.481 e. The van der Waals surface area contributed by atoms with Crippen LogP contribution in [0.1, 0.15) is 12.5 Å². The summed E-state index contributed by atoms with van der Waals surface area (Å²) >= 11 is 0. The maximum Gasteiger partial charge on any atom is 0.316 e. The Morgan fingerprint density at radius 2 is 1.83 bits per heavy atom. The molecule has 0 aliphatic rings. The number of aliphatic carboxylic acids is 1. The smallest absolute Gasteiger partial charge is 0.316 e. The Labute approximate surface area is 108 Å². The molecule has 0 saturated carbocycles. The van der Waals surface area contributed by atoms with E-state index in [4.69, 9.17) is 5.11 Å². The molecule has 0 saturated heterocycles. The van der Waals surface area contributed by atoms with Crippen molar-refractivity contribution in [1.29, 1.82) is 0 Å². The van der Waals surface area contributed by atoms with Gasteiger partial charge in [0.2, 0.25) is 5.91 Å². The summed E-state index contributed by atoms with van der Waals surface area (Å²) in [6, 6.07) is 7.31. The summed E-state index contributed by atoms with van der Waals surface area (Å²) in [6.07, 6.45) is 0.914. The van der Waals surface area contributed by atoms with Crippen LogP contribution in [0, 0.1) is 0 Å². The van der Waals surface area contributed by atoms with Crippen molar-refractivity contribution < 1.29 is 18.9 Å². The molecule has 2 N–H and O–H groups in total. The van der Waals surface area contributed by atoms with Crippen molar-refractivity contribution in [3.8, 4) is 0 Å². The van der Waals surface area contributed by atoms with Gasteiger partial charge in [-0.15, -0.1) is 0 Å². The molecule has 0 aliphatic heterocycles. The van der Waals surface area contributed by atoms with Gasteiger partial charge in [0, 0.05) is 16.5 Å². The number of hydrogen-bond acceptors (Lipinski definition) is 3. The van der Waals surface area contributed by atoms with Crippen molar-refractivity contribution in [2.45, 2.75) is 13.3 Å². The Hall–Kier alpha value is -1.69. The monoisotopic (exact) mass is 269 g/mol. The van der Waals surface area contributed by atoms with E-state index in [1.807, 2.05) is 19.1 Å². The maximum absolute atomic E-state index is 11.5. The van der Waals surface area contributed by atoms with E-state index in [0.29, 0.717) is 5.69 Å². The molecule has 98 valence electrons. The van der Waals surface area contributed by atoms with Crippen LogP contribution in [0.5, 0.6) is 0 Å². The molecule has 0 fully saturated rings. The van der Waals surface area contributed by atoms with Gasteiger partial charge in [-0.1, -0.05) is 19.1 Å². The molecular formula is C12H15NO4S. The fourth-order valence-corrected chi connectivity index (χ4v) is 2.10. The van der Waals surface area contributed by atoms with Gasteiger partial charge in [0.25, 0.3) is 0 Å². The molecule has 5 nitrogen and oxygen atoms in total. The van der Waals surface area contributed by atoms with E-state index in [1.54, 1.807) is 12.1 Å². The highest BCUT2D eigenvalue weighted by Crippen LogP contribution is 2.09. The number of carboxylic acids is 1. The predicted molar refractivity (Wildman–Crippen MR) is 70.0 cm³/mol. The third-order valence-corrected chi connectivity index (χ3v) is 3.38. The van der Waals surface area contributed by atoms with Crippen LogP contribution in [0.4, 0.5) is 5.69 Å². The van der Waals surface area contributed by atoms with E-state index in [0.717, 1.165) is 12.0 Å². The Morgan fingerprint density at radius 1 is 1.22 bits per heavy atom. The number of hydrogen-bond donors (Lipinski definition) is 2. The van der Waals surface area contributed by atoms with Crippen LogP contribution in [-0.4, -0.2) is 32.7 Å². The highest BCUT2D eigenvalue weighted by Gasteiger charge is 2.11. The first-order valence-electron chi connectivity index (χ1n) is 5.47. The summed E-state index contributed by atoms with van der Waals surface area (Å²) in [5.74, 6) is -2.43. The van der Waals surface area contributed by atoms with Crippen LogP contribution in [0.3, 0.4) is 0 Å². The Morgan fingerprint density at radius 3 is 2.33 bits per heavy atom. The first kappa shape index (κ1) is 14.4. The van der Waals surface area contributed by atoms with Crippen molar-refractivity contribution in [3.63, 3.8) is 0 Å². The lowest BCUT2D eigenvalue weighted by molar-refractivity contribution is -0.133. The van der Waals surface area contributed by atoms with Crippen molar-refractivity contribution in [2.75, 3.05) is 16.8 Å². The molecule has 0 aliphatic carbocycles. The molecule has 1 rings (SSSR count). The second-order valence-electron chi connectivity index (χ2n) is 3.72. The van der Waals surface area contributed by atoms with Gasteiger partial charge in [0.1, 0.15) is 11.5 Å². The minimum atomic E-state index is -1.67. The van der Waals surface area contributed by atoms with Crippen LogP contribution >= 0.6 is 0 Å². The van der Waals surface area contributed by atoms with Gasteiger partial charge in [-0.3, -0.25) is 13.8 Å². The zero-order valence-corrected chi connectivity index (χ0v) is 10.8. The summed E-state index contributed by atoms with van der Waals surface area (Å²) < 4.78 is 11.2. The van der Waals surface area contributed by atoms with Crippen LogP contribution in [0.2, 0.25) is 0 Å². The molecule has 0 radical (unpaired) electrons. The van der Waals surface area contributed by atoms with E-state index < -0.39 is 28.4 Å². The SMILES string of the molecule is CCc1ccc(NC(=O)CS(=O)CC(=O)O)cc1. The average Bonchev–Trinajstić information content (AvgIpc) is 2.28. The van der Waals surface area contributed by atoms with Crippen molar-refractivity contribution in [3.05, 3.63) is 29.8 Å². The molecule has 0 aromatic heterocycles. The zero-order chi connectivity index (χ0) is 13.5. The van der Waals surface area contributed by atoms with Gasteiger partial charge >= 0.3 is 5.97 Å². The first-order chi connectivity index (χ1) is 8.51. The lowest BCUT2D eigenvalue weighted by Gasteiger charge is -2.05. The fraction of sp³-hybridized carbons (Fsp3) is 0.333. The number of anilines is 1. The van der Waals surface area contributed by atoms with E-state index in [9.17, 15) is 13.8 Å². The predicted octanol–water partition coefficient (Wildman–Crippen LogP) is 1.02. The van der Waals surface area contributed by atoms with E-state index >= 15 is 0 Å². The summed E-state index contributed by atoms with van der Waals surface area (Å²) in [5.41, 5.74) is 1.77. The molecule has 1 aromatic carbocycles. The molecule has 0 spiro atoms. The van der Waals surface area contributed by atoms with E-state index in [1.165, 1.54) is 0 Å². The third kappa shape index (κ3) is 5.09. The second kappa shape index (κ2) is 6.90. The lowest BCUT2D eigenvalue weighted by atomic mass is 10.1. The van der Waals surface area contributed by atoms with E-state index in [2.05, 4.69) is 5.32 Å². The van der Waals surface area contributed by atoms with Crippen LogP contribution in [-0.2, 0) is 26.8 Å². The third-order valence-electron chi connectivity index (χ3n) is 2.22. The number of amides is 1. The highest BCUT2D eigenvalue weighted by atomic mass is 32.2. The summed E-state index contributed by atoms with van der Waals surface area (Å²) in [6.45, 7) is 2.03. The highest BCUT2D eigenvalue weighted by molar-refractivity contribution is 7.86. The quantitative estimate of drug-likeness (QED) is 0.807. The Balaban J connectivity index is 2.48. The molecule has 0 bridgehead atoms. The number of carbonyl (C=O) groups is 2. The van der Waals surface area contributed by atoms with Gasteiger partial charge < -0.3 is 10.4 Å². The van der Waals surface area contributed by atoms with E-state index in [-0.39, 0.29) is 5.75 Å². The Bertz CT molecular complexity index is 456. The molecule has 6 heteroatoms. The summed E-state index contributed by atoms with van der Waals surface area (Å²) in [7, 11) is -1.67. The lowest BCUT2D eigenvalue weighted by Crippen LogP contribution is -2.23. The van der Waals surface area contributed by atoms with Gasteiger partial charge in [-0.05, 0) is 24.1 Å². The number of aryl methyl sites for hydroxylation is 1. The zero-order valence-electron chi connectivity index (χ0n) is 10.0. The first-order valence-corrected chi connectivity index (χ1v) is 6.95. The van der Waals surface area contributed by atoms with Crippen molar-refractivity contribution in [1.82, 2.24) is 0 Å². The van der Waals surface area contributed by atoms with Gasteiger partial charge in [0.05, 0.1) is 0 Å². The number of benzene rings is 1. The normalized spacial score (nSPS) is 11.8. The fourth-order valence-electron chi connectivity index (χ4n) is 1.36. The topological polar surface area (TPSA) is 83.5 Å². The van der Waals surface area contributed by atoms with Crippen LogP contribution < -0.4 is 5.32 Å². The number of carbonyl (C=O) groups excluding carboxylic acids is 1. The van der Waals surface area contributed by atoms with Crippen LogP contribution in [0.25, 0.3) is 0 Å². The van der Waals surface area contributed by atoms with Gasteiger partial charge in [-0.2, -0.15) is 0 Å². The van der Waals surface area contributed by atoms with Crippen molar-refractivity contribution >= 4 is 28.4 Å². The standard InChI is InChI=1S/C12H15NO4S/c1-2-9-3-5-10(6-4-9)13-11(14)7-18(17)8-12(15)16/h3-6H,2,7-8H2,1H3,(H,13,14)(H,15,16). The average molecular weight is 269 g/mol.